The van der Waals surface area contributed by atoms with Crippen LogP contribution in [0, 0.1) is 0 Å². The van der Waals surface area contributed by atoms with Crippen molar-refractivity contribution in [3.8, 4) is 5.75 Å². The first-order valence-electron chi connectivity index (χ1n) is 4.70. The lowest BCUT2D eigenvalue weighted by molar-refractivity contribution is 0.0998. The van der Waals surface area contributed by atoms with Crippen LogP contribution in [0.15, 0.2) is 18.2 Å². The highest BCUT2D eigenvalue weighted by Crippen LogP contribution is 2.23. The highest BCUT2D eigenvalue weighted by Gasteiger charge is 2.14. The number of hydrogen-bond donors (Lipinski definition) is 2. The monoisotopic (exact) mass is 209 g/mol. The second kappa shape index (κ2) is 4.79. The average Bonchev–Trinajstić information content (AvgIpc) is 2.16. The van der Waals surface area contributed by atoms with Crippen LogP contribution in [-0.4, -0.2) is 24.2 Å². The Labute approximate surface area is 88.7 Å². The number of ether oxygens (including phenoxy) is 1. The number of amides is 1. The zero-order valence-corrected chi connectivity index (χ0v) is 8.86. The van der Waals surface area contributed by atoms with Gasteiger partial charge in [0.2, 0.25) is 5.91 Å². The SMILES string of the molecule is COc1cccc(C(N)=O)c1CC(C)O. The van der Waals surface area contributed by atoms with Gasteiger partial charge in [-0.2, -0.15) is 0 Å². The Kier molecular flexibility index (Phi) is 3.68. The fourth-order valence-corrected chi connectivity index (χ4v) is 1.49. The molecule has 1 unspecified atom stereocenters. The van der Waals surface area contributed by atoms with Gasteiger partial charge in [0.25, 0.3) is 0 Å². The molecule has 15 heavy (non-hydrogen) atoms. The van der Waals surface area contributed by atoms with Crippen LogP contribution in [0.3, 0.4) is 0 Å². The molecule has 0 aliphatic carbocycles. The Morgan fingerprint density at radius 2 is 2.27 bits per heavy atom. The fourth-order valence-electron chi connectivity index (χ4n) is 1.49. The predicted octanol–water partition coefficient (Wildman–Crippen LogP) is 0.717. The molecule has 1 amide bonds. The lowest BCUT2D eigenvalue weighted by Crippen LogP contribution is -2.17. The normalized spacial score (nSPS) is 12.2. The molecule has 3 N–H and O–H groups in total. The van der Waals surface area contributed by atoms with Gasteiger partial charge in [-0.15, -0.1) is 0 Å². The molecule has 0 radical (unpaired) electrons. The standard InChI is InChI=1S/C11H15NO3/c1-7(13)6-9-8(11(12)14)4-3-5-10(9)15-2/h3-5,7,13H,6H2,1-2H3,(H2,12,14). The van der Waals surface area contributed by atoms with Crippen LogP contribution in [0.25, 0.3) is 0 Å². The molecule has 1 aromatic carbocycles. The van der Waals surface area contributed by atoms with Gasteiger partial charge in [0.15, 0.2) is 0 Å². The van der Waals surface area contributed by atoms with Crippen LogP contribution in [0.4, 0.5) is 0 Å². The molecule has 0 heterocycles. The van der Waals surface area contributed by atoms with Crippen molar-refractivity contribution >= 4 is 5.91 Å². The molecule has 1 aromatic rings. The van der Waals surface area contributed by atoms with E-state index in [4.69, 9.17) is 10.5 Å². The van der Waals surface area contributed by atoms with Crippen molar-refractivity contribution in [1.82, 2.24) is 0 Å². The van der Waals surface area contributed by atoms with Gasteiger partial charge in [0.1, 0.15) is 5.75 Å². The summed E-state index contributed by atoms with van der Waals surface area (Å²) < 4.78 is 5.12. The van der Waals surface area contributed by atoms with E-state index in [0.29, 0.717) is 23.3 Å². The van der Waals surface area contributed by atoms with E-state index in [1.54, 1.807) is 25.1 Å². The molecule has 0 aromatic heterocycles. The number of hydrogen-bond acceptors (Lipinski definition) is 3. The van der Waals surface area contributed by atoms with Gasteiger partial charge in [-0.1, -0.05) is 6.07 Å². The third kappa shape index (κ3) is 2.70. The third-order valence-corrected chi connectivity index (χ3v) is 2.12. The van der Waals surface area contributed by atoms with Crippen LogP contribution in [-0.2, 0) is 6.42 Å². The van der Waals surface area contributed by atoms with Crippen molar-refractivity contribution in [3.05, 3.63) is 29.3 Å². The summed E-state index contributed by atoms with van der Waals surface area (Å²) in [5.41, 5.74) is 6.29. The average molecular weight is 209 g/mol. The van der Waals surface area contributed by atoms with Gasteiger partial charge in [0.05, 0.1) is 13.2 Å². The smallest absolute Gasteiger partial charge is 0.249 e. The van der Waals surface area contributed by atoms with E-state index in [0.717, 1.165) is 0 Å². The van der Waals surface area contributed by atoms with Crippen molar-refractivity contribution < 1.29 is 14.6 Å². The molecule has 0 aliphatic rings. The molecule has 0 saturated heterocycles. The Bertz CT molecular complexity index is 361. The Balaban J connectivity index is 3.20. The van der Waals surface area contributed by atoms with Crippen LogP contribution >= 0.6 is 0 Å². The van der Waals surface area contributed by atoms with E-state index >= 15 is 0 Å². The zero-order valence-electron chi connectivity index (χ0n) is 8.86. The first-order valence-corrected chi connectivity index (χ1v) is 4.70. The Morgan fingerprint density at radius 3 is 2.73 bits per heavy atom. The number of primary amides is 1. The third-order valence-electron chi connectivity index (χ3n) is 2.12. The summed E-state index contributed by atoms with van der Waals surface area (Å²) in [6.07, 6.45) is -0.193. The fraction of sp³-hybridized carbons (Fsp3) is 0.364. The van der Waals surface area contributed by atoms with E-state index in [2.05, 4.69) is 0 Å². The first kappa shape index (κ1) is 11.5. The summed E-state index contributed by atoms with van der Waals surface area (Å²) in [4.78, 5) is 11.2. The second-order valence-corrected chi connectivity index (χ2v) is 3.40. The molecular formula is C11H15NO3. The number of rotatable bonds is 4. The summed E-state index contributed by atoms with van der Waals surface area (Å²) in [7, 11) is 1.52. The van der Waals surface area contributed by atoms with Crippen molar-refractivity contribution in [2.75, 3.05) is 7.11 Å². The maximum absolute atomic E-state index is 11.2. The maximum atomic E-state index is 11.2. The maximum Gasteiger partial charge on any atom is 0.249 e. The van der Waals surface area contributed by atoms with Crippen LogP contribution in [0.1, 0.15) is 22.8 Å². The summed E-state index contributed by atoms with van der Waals surface area (Å²) >= 11 is 0. The summed E-state index contributed by atoms with van der Waals surface area (Å²) in [6, 6.07) is 5.07. The van der Waals surface area contributed by atoms with Crippen molar-refractivity contribution in [2.24, 2.45) is 5.73 Å². The molecule has 0 spiro atoms. The molecule has 4 nitrogen and oxygen atoms in total. The quantitative estimate of drug-likeness (QED) is 0.767. The minimum absolute atomic E-state index is 0.349. The molecule has 0 saturated carbocycles. The number of aliphatic hydroxyl groups is 1. The van der Waals surface area contributed by atoms with E-state index in [1.165, 1.54) is 7.11 Å². The van der Waals surface area contributed by atoms with Gasteiger partial charge in [-0.3, -0.25) is 4.79 Å². The van der Waals surface area contributed by atoms with Crippen molar-refractivity contribution in [3.63, 3.8) is 0 Å². The molecule has 0 fully saturated rings. The van der Waals surface area contributed by atoms with Gasteiger partial charge < -0.3 is 15.6 Å². The Hall–Kier alpha value is -1.55. The Morgan fingerprint density at radius 1 is 1.60 bits per heavy atom. The van der Waals surface area contributed by atoms with Gasteiger partial charge in [0, 0.05) is 17.5 Å². The van der Waals surface area contributed by atoms with Crippen molar-refractivity contribution in [2.45, 2.75) is 19.4 Å². The molecule has 0 bridgehead atoms. The van der Waals surface area contributed by atoms with Crippen molar-refractivity contribution in [1.29, 1.82) is 0 Å². The lowest BCUT2D eigenvalue weighted by atomic mass is 10.0. The molecule has 1 atom stereocenters. The molecule has 1 rings (SSSR count). The minimum Gasteiger partial charge on any atom is -0.496 e. The highest BCUT2D eigenvalue weighted by atomic mass is 16.5. The highest BCUT2D eigenvalue weighted by molar-refractivity contribution is 5.95. The molecular weight excluding hydrogens is 194 g/mol. The van der Waals surface area contributed by atoms with Gasteiger partial charge in [-0.05, 0) is 19.1 Å². The van der Waals surface area contributed by atoms with Crippen LogP contribution < -0.4 is 10.5 Å². The molecule has 4 heteroatoms. The lowest BCUT2D eigenvalue weighted by Gasteiger charge is -2.13. The van der Waals surface area contributed by atoms with E-state index in [9.17, 15) is 9.90 Å². The first-order chi connectivity index (χ1) is 7.06. The number of benzene rings is 1. The van der Waals surface area contributed by atoms with Gasteiger partial charge >= 0.3 is 0 Å². The van der Waals surface area contributed by atoms with E-state index < -0.39 is 12.0 Å². The molecule has 0 aliphatic heterocycles. The summed E-state index contributed by atoms with van der Waals surface area (Å²) in [5, 5.41) is 9.32. The number of aliphatic hydroxyl groups excluding tert-OH is 1. The predicted molar refractivity (Wildman–Crippen MR) is 56.9 cm³/mol. The second-order valence-electron chi connectivity index (χ2n) is 3.40. The number of carbonyl (C=O) groups is 1. The van der Waals surface area contributed by atoms with E-state index in [1.807, 2.05) is 0 Å². The number of carbonyl (C=O) groups excluding carboxylic acids is 1. The molecule has 82 valence electrons. The van der Waals surface area contributed by atoms with Crippen LogP contribution in [0.5, 0.6) is 5.75 Å². The zero-order chi connectivity index (χ0) is 11.4. The number of methoxy groups -OCH3 is 1. The summed E-state index contributed by atoms with van der Waals surface area (Å²) in [5.74, 6) is 0.0664. The number of nitrogens with two attached hydrogens (primary N) is 1. The van der Waals surface area contributed by atoms with Crippen LogP contribution in [0.2, 0.25) is 0 Å². The summed E-state index contributed by atoms with van der Waals surface area (Å²) in [6.45, 7) is 1.65. The largest absolute Gasteiger partial charge is 0.496 e. The minimum atomic E-state index is -0.542. The topological polar surface area (TPSA) is 72.5 Å². The van der Waals surface area contributed by atoms with E-state index in [-0.39, 0.29) is 0 Å². The van der Waals surface area contributed by atoms with Gasteiger partial charge in [-0.25, -0.2) is 0 Å².